The fraction of sp³-hybridized carbons (Fsp3) is 0.143. The summed E-state index contributed by atoms with van der Waals surface area (Å²) in [7, 11) is 0. The highest BCUT2D eigenvalue weighted by atomic mass is 16.5. The minimum Gasteiger partial charge on any atom is -0.490 e. The maximum atomic E-state index is 12.0. The molecule has 0 fully saturated rings. The second-order valence-electron chi connectivity index (χ2n) is 5.94. The lowest BCUT2D eigenvalue weighted by Crippen LogP contribution is -2.36. The van der Waals surface area contributed by atoms with E-state index < -0.39 is 11.8 Å². The summed E-state index contributed by atoms with van der Waals surface area (Å²) in [5, 5.41) is 6.33. The molecule has 0 aliphatic rings. The molecule has 0 saturated carbocycles. The van der Waals surface area contributed by atoms with Gasteiger partial charge >= 0.3 is 11.8 Å². The number of benzene rings is 2. The summed E-state index contributed by atoms with van der Waals surface area (Å²) in [6.07, 6.45) is 4.21. The van der Waals surface area contributed by atoms with Crippen molar-refractivity contribution in [1.29, 1.82) is 0 Å². The van der Waals surface area contributed by atoms with Crippen molar-refractivity contribution in [1.82, 2.24) is 10.3 Å². The summed E-state index contributed by atoms with van der Waals surface area (Å²) < 4.78 is 5.37. The Hall–Kier alpha value is -3.54. The molecule has 0 radical (unpaired) electrons. The second kappa shape index (κ2) is 8.71. The van der Waals surface area contributed by atoms with Gasteiger partial charge in [-0.05, 0) is 42.3 Å². The molecular weight excluding hydrogens is 342 g/mol. The lowest BCUT2D eigenvalue weighted by atomic mass is 10.1. The first kappa shape index (κ1) is 18.3. The summed E-state index contributed by atoms with van der Waals surface area (Å²) in [5.41, 5.74) is 2.68. The van der Waals surface area contributed by atoms with E-state index in [9.17, 15) is 9.59 Å². The van der Waals surface area contributed by atoms with Crippen LogP contribution in [0.4, 0.5) is 5.69 Å². The van der Waals surface area contributed by atoms with Crippen LogP contribution in [0.15, 0.2) is 67.4 Å². The standard InChI is InChI=1S/C21H21N3O3/c1-2-13-27-17-9-7-16(8-10-17)24-21(26)20(25)22-12-11-15-14-23-19-6-4-3-5-18(15)19/h2-10,14,23H,1,11-13H2,(H,22,25)(H,24,26). The van der Waals surface area contributed by atoms with Gasteiger partial charge in [-0.1, -0.05) is 30.9 Å². The van der Waals surface area contributed by atoms with E-state index in [0.29, 0.717) is 31.0 Å². The number of nitrogens with one attached hydrogen (secondary N) is 3. The molecule has 0 bridgehead atoms. The number of amides is 2. The van der Waals surface area contributed by atoms with Crippen molar-refractivity contribution in [2.75, 3.05) is 18.5 Å². The number of para-hydroxylation sites is 1. The molecule has 138 valence electrons. The highest BCUT2D eigenvalue weighted by Crippen LogP contribution is 2.18. The van der Waals surface area contributed by atoms with Gasteiger partial charge in [0.1, 0.15) is 12.4 Å². The van der Waals surface area contributed by atoms with Gasteiger partial charge in [0.2, 0.25) is 0 Å². The number of aromatic amines is 1. The maximum Gasteiger partial charge on any atom is 0.313 e. The molecule has 0 atom stereocenters. The van der Waals surface area contributed by atoms with Crippen molar-refractivity contribution < 1.29 is 14.3 Å². The summed E-state index contributed by atoms with van der Waals surface area (Å²) in [6.45, 7) is 4.36. The Balaban J connectivity index is 1.47. The van der Waals surface area contributed by atoms with Gasteiger partial charge < -0.3 is 20.4 Å². The van der Waals surface area contributed by atoms with Crippen LogP contribution in [0.25, 0.3) is 10.9 Å². The van der Waals surface area contributed by atoms with Gasteiger partial charge in [0, 0.05) is 29.3 Å². The highest BCUT2D eigenvalue weighted by Gasteiger charge is 2.13. The average molecular weight is 363 g/mol. The summed E-state index contributed by atoms with van der Waals surface area (Å²) in [6, 6.07) is 14.7. The van der Waals surface area contributed by atoms with Gasteiger partial charge in [-0.25, -0.2) is 0 Å². The molecule has 1 heterocycles. The number of anilines is 1. The molecule has 0 aliphatic heterocycles. The minimum absolute atomic E-state index is 0.377. The molecule has 0 spiro atoms. The van der Waals surface area contributed by atoms with Gasteiger partial charge in [0.25, 0.3) is 0 Å². The summed E-state index contributed by atoms with van der Waals surface area (Å²) in [5.74, 6) is -0.702. The number of hydrogen-bond acceptors (Lipinski definition) is 3. The minimum atomic E-state index is -0.700. The van der Waals surface area contributed by atoms with Crippen LogP contribution >= 0.6 is 0 Å². The first-order valence-corrected chi connectivity index (χ1v) is 8.65. The smallest absolute Gasteiger partial charge is 0.313 e. The Kier molecular flexibility index (Phi) is 5.89. The van der Waals surface area contributed by atoms with E-state index in [1.54, 1.807) is 30.3 Å². The molecule has 2 aromatic carbocycles. The van der Waals surface area contributed by atoms with E-state index in [4.69, 9.17) is 4.74 Å². The fourth-order valence-corrected chi connectivity index (χ4v) is 2.71. The number of rotatable bonds is 7. The summed E-state index contributed by atoms with van der Waals surface area (Å²) in [4.78, 5) is 27.2. The Morgan fingerprint density at radius 3 is 2.63 bits per heavy atom. The van der Waals surface area contributed by atoms with Crippen molar-refractivity contribution in [2.45, 2.75) is 6.42 Å². The Bertz CT molecular complexity index is 945. The molecular formula is C21H21N3O3. The quantitative estimate of drug-likeness (QED) is 0.446. The molecule has 6 heteroatoms. The van der Waals surface area contributed by atoms with Crippen LogP contribution in [0.1, 0.15) is 5.56 Å². The zero-order valence-electron chi connectivity index (χ0n) is 14.8. The van der Waals surface area contributed by atoms with E-state index in [1.165, 1.54) is 0 Å². The SMILES string of the molecule is C=CCOc1ccc(NC(=O)C(=O)NCCc2c[nH]c3ccccc23)cc1. The molecule has 3 rings (SSSR count). The normalized spacial score (nSPS) is 10.4. The lowest BCUT2D eigenvalue weighted by Gasteiger charge is -2.08. The van der Waals surface area contributed by atoms with Crippen LogP contribution in [0.5, 0.6) is 5.75 Å². The van der Waals surface area contributed by atoms with Gasteiger partial charge in [0.15, 0.2) is 0 Å². The van der Waals surface area contributed by atoms with E-state index in [2.05, 4.69) is 22.2 Å². The van der Waals surface area contributed by atoms with Crippen LogP contribution in [0.2, 0.25) is 0 Å². The predicted octanol–water partition coefficient (Wildman–Crippen LogP) is 3.03. The zero-order chi connectivity index (χ0) is 19.1. The van der Waals surface area contributed by atoms with Crippen molar-refractivity contribution in [3.63, 3.8) is 0 Å². The topological polar surface area (TPSA) is 83.2 Å². The number of aromatic nitrogens is 1. The molecule has 0 aliphatic carbocycles. The molecule has 3 N–H and O–H groups in total. The molecule has 3 aromatic rings. The van der Waals surface area contributed by atoms with Gasteiger partial charge in [-0.2, -0.15) is 0 Å². The lowest BCUT2D eigenvalue weighted by molar-refractivity contribution is -0.136. The number of ether oxygens (including phenoxy) is 1. The van der Waals surface area contributed by atoms with Gasteiger partial charge in [-0.3, -0.25) is 9.59 Å². The number of carbonyl (C=O) groups is 2. The predicted molar refractivity (Wildman–Crippen MR) is 106 cm³/mol. The number of hydrogen-bond donors (Lipinski definition) is 3. The highest BCUT2D eigenvalue weighted by molar-refractivity contribution is 6.39. The van der Waals surface area contributed by atoms with Gasteiger partial charge in [-0.15, -0.1) is 0 Å². The second-order valence-corrected chi connectivity index (χ2v) is 5.94. The number of carbonyl (C=O) groups excluding carboxylic acids is 2. The third kappa shape index (κ3) is 4.76. The van der Waals surface area contributed by atoms with E-state index in [0.717, 1.165) is 16.5 Å². The van der Waals surface area contributed by atoms with Crippen LogP contribution in [-0.4, -0.2) is 29.9 Å². The third-order valence-electron chi connectivity index (χ3n) is 4.04. The van der Waals surface area contributed by atoms with Crippen LogP contribution in [0, 0.1) is 0 Å². The average Bonchev–Trinajstić information content (AvgIpc) is 3.10. The number of fused-ring (bicyclic) bond motifs is 1. The van der Waals surface area contributed by atoms with Crippen molar-refractivity contribution in [3.05, 3.63) is 72.9 Å². The Morgan fingerprint density at radius 2 is 1.85 bits per heavy atom. The van der Waals surface area contributed by atoms with Crippen LogP contribution in [0.3, 0.4) is 0 Å². The Labute approximate surface area is 157 Å². The fourth-order valence-electron chi connectivity index (χ4n) is 2.71. The van der Waals surface area contributed by atoms with Crippen molar-refractivity contribution >= 4 is 28.4 Å². The first-order valence-electron chi connectivity index (χ1n) is 8.65. The maximum absolute atomic E-state index is 12.0. The summed E-state index contributed by atoms with van der Waals surface area (Å²) >= 11 is 0. The molecule has 1 aromatic heterocycles. The largest absolute Gasteiger partial charge is 0.490 e. The third-order valence-corrected chi connectivity index (χ3v) is 4.04. The van der Waals surface area contributed by atoms with E-state index in [1.807, 2.05) is 30.5 Å². The first-order chi connectivity index (χ1) is 13.2. The van der Waals surface area contributed by atoms with E-state index >= 15 is 0 Å². The monoisotopic (exact) mass is 363 g/mol. The molecule has 0 unspecified atom stereocenters. The molecule has 6 nitrogen and oxygen atoms in total. The van der Waals surface area contributed by atoms with Crippen LogP contribution in [-0.2, 0) is 16.0 Å². The van der Waals surface area contributed by atoms with E-state index in [-0.39, 0.29) is 0 Å². The Morgan fingerprint density at radius 1 is 1.07 bits per heavy atom. The zero-order valence-corrected chi connectivity index (χ0v) is 14.8. The van der Waals surface area contributed by atoms with Crippen LogP contribution < -0.4 is 15.4 Å². The number of H-pyrrole nitrogens is 1. The molecule has 2 amide bonds. The van der Waals surface area contributed by atoms with Crippen molar-refractivity contribution in [2.24, 2.45) is 0 Å². The van der Waals surface area contributed by atoms with Gasteiger partial charge in [0.05, 0.1) is 0 Å². The molecule has 27 heavy (non-hydrogen) atoms. The van der Waals surface area contributed by atoms with Crippen molar-refractivity contribution in [3.8, 4) is 5.75 Å². The molecule has 0 saturated heterocycles.